The molecule has 1 atom stereocenters. The minimum absolute atomic E-state index is 0.190. The lowest BCUT2D eigenvalue weighted by Crippen LogP contribution is -2.41. The molecule has 2 N–H and O–H groups in total. The number of carboxylic acid groups (broad SMARTS) is 1. The summed E-state index contributed by atoms with van der Waals surface area (Å²) >= 11 is 0. The quantitative estimate of drug-likeness (QED) is 0.604. The fourth-order valence-corrected chi connectivity index (χ4v) is 3.42. The maximum atomic E-state index is 11.7. The van der Waals surface area contributed by atoms with Crippen LogP contribution < -0.4 is 4.74 Å². The third kappa shape index (κ3) is 4.33. The third-order valence-corrected chi connectivity index (χ3v) is 5.16. The van der Waals surface area contributed by atoms with E-state index in [1.54, 1.807) is 12.1 Å². The Labute approximate surface area is 171 Å². The summed E-state index contributed by atoms with van der Waals surface area (Å²) in [6.07, 6.45) is 0. The molecular weight excluding hydrogens is 364 g/mol. The van der Waals surface area contributed by atoms with Crippen molar-refractivity contribution in [2.75, 3.05) is 0 Å². The molecule has 4 nitrogen and oxygen atoms in total. The molecule has 3 rings (SSSR count). The molecule has 3 aromatic carbocycles. The van der Waals surface area contributed by atoms with Gasteiger partial charge in [-0.25, -0.2) is 4.79 Å². The summed E-state index contributed by atoms with van der Waals surface area (Å²) in [7, 11) is 0. The first-order chi connectivity index (χ1) is 13.7. The molecule has 0 aromatic heterocycles. The molecule has 0 amide bonds. The second kappa shape index (κ2) is 8.10. The highest BCUT2D eigenvalue weighted by Gasteiger charge is 2.43. The molecule has 29 heavy (non-hydrogen) atoms. The first-order valence-corrected chi connectivity index (χ1v) is 9.55. The SMILES string of the molecule is CC(C)(C)C(O)(c1ccc(OCc2ccccc2)cc1)c1ccc(C(=O)O)cc1. The first-order valence-electron chi connectivity index (χ1n) is 9.55. The Balaban J connectivity index is 1.88. The van der Waals surface area contributed by atoms with Crippen LogP contribution in [0.3, 0.4) is 0 Å². The fourth-order valence-electron chi connectivity index (χ4n) is 3.42. The zero-order valence-electron chi connectivity index (χ0n) is 16.9. The van der Waals surface area contributed by atoms with E-state index in [1.165, 1.54) is 12.1 Å². The lowest BCUT2D eigenvalue weighted by molar-refractivity contribution is -0.0259. The Morgan fingerprint density at radius 2 is 1.34 bits per heavy atom. The number of aromatic carboxylic acids is 1. The molecule has 0 saturated heterocycles. The Morgan fingerprint density at radius 1 is 0.828 bits per heavy atom. The predicted octanol–water partition coefficient (Wildman–Crippen LogP) is 5.25. The summed E-state index contributed by atoms with van der Waals surface area (Å²) in [4.78, 5) is 11.2. The van der Waals surface area contributed by atoms with Gasteiger partial charge in [0.05, 0.1) is 5.56 Å². The minimum atomic E-state index is -1.29. The van der Waals surface area contributed by atoms with Gasteiger partial charge in [0.1, 0.15) is 18.0 Å². The van der Waals surface area contributed by atoms with Crippen LogP contribution in [0.1, 0.15) is 47.8 Å². The Kier molecular flexibility index (Phi) is 5.76. The lowest BCUT2D eigenvalue weighted by Gasteiger charge is -2.41. The van der Waals surface area contributed by atoms with Gasteiger partial charge in [-0.2, -0.15) is 0 Å². The van der Waals surface area contributed by atoms with Crippen LogP contribution in [0.15, 0.2) is 78.9 Å². The van der Waals surface area contributed by atoms with Crippen LogP contribution in [0, 0.1) is 5.41 Å². The number of benzene rings is 3. The molecular formula is C25H26O4. The normalized spacial score (nSPS) is 13.5. The van der Waals surface area contributed by atoms with Gasteiger partial charge in [-0.15, -0.1) is 0 Å². The smallest absolute Gasteiger partial charge is 0.335 e. The van der Waals surface area contributed by atoms with Gasteiger partial charge in [0.2, 0.25) is 0 Å². The molecule has 1 unspecified atom stereocenters. The van der Waals surface area contributed by atoms with Crippen LogP contribution in [-0.4, -0.2) is 16.2 Å². The molecule has 3 aromatic rings. The van der Waals surface area contributed by atoms with Crippen LogP contribution in [0.5, 0.6) is 5.75 Å². The topological polar surface area (TPSA) is 66.8 Å². The van der Waals surface area contributed by atoms with Gasteiger partial charge in [0.25, 0.3) is 0 Å². The van der Waals surface area contributed by atoms with E-state index in [2.05, 4.69) is 0 Å². The highest BCUT2D eigenvalue weighted by molar-refractivity contribution is 5.87. The number of rotatable bonds is 6. The van der Waals surface area contributed by atoms with E-state index in [-0.39, 0.29) is 5.56 Å². The molecule has 0 aliphatic rings. The number of carboxylic acids is 1. The molecule has 0 spiro atoms. The molecule has 0 heterocycles. The zero-order chi connectivity index (χ0) is 21.1. The highest BCUT2D eigenvalue weighted by atomic mass is 16.5. The fraction of sp³-hybridized carbons (Fsp3) is 0.240. The van der Waals surface area contributed by atoms with Crippen molar-refractivity contribution in [3.63, 3.8) is 0 Å². The summed E-state index contributed by atoms with van der Waals surface area (Å²) < 4.78 is 5.85. The average Bonchev–Trinajstić information content (AvgIpc) is 2.72. The number of hydrogen-bond acceptors (Lipinski definition) is 3. The van der Waals surface area contributed by atoms with E-state index in [9.17, 15) is 9.90 Å². The summed E-state index contributed by atoms with van der Waals surface area (Å²) in [6.45, 7) is 6.34. The predicted molar refractivity (Wildman–Crippen MR) is 113 cm³/mol. The second-order valence-corrected chi connectivity index (χ2v) is 8.14. The Morgan fingerprint density at radius 3 is 1.83 bits per heavy atom. The monoisotopic (exact) mass is 390 g/mol. The first kappa shape index (κ1) is 20.6. The highest BCUT2D eigenvalue weighted by Crippen LogP contribution is 2.45. The Bertz CT molecular complexity index is 954. The van der Waals surface area contributed by atoms with E-state index >= 15 is 0 Å². The molecule has 0 aliphatic heterocycles. The van der Waals surface area contributed by atoms with Crippen LogP contribution in [0.2, 0.25) is 0 Å². The van der Waals surface area contributed by atoms with Crippen molar-refractivity contribution < 1.29 is 19.7 Å². The maximum absolute atomic E-state index is 11.7. The summed E-state index contributed by atoms with van der Waals surface area (Å²) in [5, 5.41) is 20.9. The largest absolute Gasteiger partial charge is 0.489 e. The van der Waals surface area contributed by atoms with Gasteiger partial charge in [0.15, 0.2) is 0 Å². The number of ether oxygens (including phenoxy) is 1. The number of aliphatic hydroxyl groups is 1. The molecule has 0 saturated carbocycles. The van der Waals surface area contributed by atoms with Gasteiger partial charge < -0.3 is 14.9 Å². The average molecular weight is 390 g/mol. The van der Waals surface area contributed by atoms with Crippen molar-refractivity contribution in [1.29, 1.82) is 0 Å². The van der Waals surface area contributed by atoms with E-state index in [1.807, 2.05) is 75.4 Å². The standard InChI is InChI=1S/C25H26O4/c1-24(2,3)25(28,20-11-9-19(10-12-20)23(26)27)21-13-15-22(16-14-21)29-17-18-7-5-4-6-8-18/h4-16,28H,17H2,1-3H3,(H,26,27). The number of hydrogen-bond donors (Lipinski definition) is 2. The molecule has 0 radical (unpaired) electrons. The van der Waals surface area contributed by atoms with Crippen molar-refractivity contribution in [3.8, 4) is 5.75 Å². The molecule has 0 bridgehead atoms. The zero-order valence-corrected chi connectivity index (χ0v) is 16.9. The van der Waals surface area contributed by atoms with E-state index in [4.69, 9.17) is 9.84 Å². The third-order valence-electron chi connectivity index (χ3n) is 5.16. The Hall–Kier alpha value is -3.11. The summed E-state index contributed by atoms with van der Waals surface area (Å²) in [5.74, 6) is -0.272. The lowest BCUT2D eigenvalue weighted by atomic mass is 9.68. The van der Waals surface area contributed by atoms with Gasteiger partial charge in [-0.3, -0.25) is 0 Å². The van der Waals surface area contributed by atoms with Crippen LogP contribution >= 0.6 is 0 Å². The maximum Gasteiger partial charge on any atom is 0.335 e. The molecule has 4 heteroatoms. The van der Waals surface area contributed by atoms with Crippen LogP contribution in [0.25, 0.3) is 0 Å². The van der Waals surface area contributed by atoms with Crippen molar-refractivity contribution in [2.24, 2.45) is 5.41 Å². The van der Waals surface area contributed by atoms with Crippen molar-refractivity contribution in [2.45, 2.75) is 33.0 Å². The second-order valence-electron chi connectivity index (χ2n) is 8.14. The van der Waals surface area contributed by atoms with Crippen molar-refractivity contribution >= 4 is 5.97 Å². The molecule has 0 fully saturated rings. The van der Waals surface area contributed by atoms with Crippen molar-refractivity contribution in [1.82, 2.24) is 0 Å². The van der Waals surface area contributed by atoms with Gasteiger partial charge >= 0.3 is 5.97 Å². The van der Waals surface area contributed by atoms with E-state index < -0.39 is 17.0 Å². The van der Waals surface area contributed by atoms with Crippen LogP contribution in [-0.2, 0) is 12.2 Å². The van der Waals surface area contributed by atoms with Gasteiger partial charge in [-0.1, -0.05) is 75.4 Å². The summed E-state index contributed by atoms with van der Waals surface area (Å²) in [6, 6.07) is 23.7. The van der Waals surface area contributed by atoms with E-state index in [0.29, 0.717) is 12.2 Å². The van der Waals surface area contributed by atoms with E-state index in [0.717, 1.165) is 16.9 Å². The molecule has 0 aliphatic carbocycles. The minimum Gasteiger partial charge on any atom is -0.489 e. The number of carbonyl (C=O) groups is 1. The van der Waals surface area contributed by atoms with Crippen molar-refractivity contribution in [3.05, 3.63) is 101 Å². The summed E-state index contributed by atoms with van der Waals surface area (Å²) in [5.41, 5.74) is 0.829. The van der Waals surface area contributed by atoms with Gasteiger partial charge in [-0.05, 0) is 46.4 Å². The van der Waals surface area contributed by atoms with Gasteiger partial charge in [0, 0.05) is 0 Å². The molecule has 150 valence electrons. The van der Waals surface area contributed by atoms with Crippen LogP contribution in [0.4, 0.5) is 0 Å².